The molecule has 0 saturated heterocycles. The van der Waals surface area contributed by atoms with Crippen molar-refractivity contribution >= 4 is 17.7 Å². The molecule has 0 aliphatic rings. The number of esters is 1. The Morgan fingerprint density at radius 1 is 1.03 bits per heavy atom. The SMILES string of the molecule is COC(=O)Cc1cccc(Oc2ccc(-c3onc(C)c3NC(=O)OC(C)c3ccccc3F)cc2)c1. The number of carbonyl (C=O) groups excluding carboxylic acids is 2. The summed E-state index contributed by atoms with van der Waals surface area (Å²) in [7, 11) is 1.34. The summed E-state index contributed by atoms with van der Waals surface area (Å²) < 4.78 is 35.4. The summed E-state index contributed by atoms with van der Waals surface area (Å²) >= 11 is 0. The van der Waals surface area contributed by atoms with Crippen LogP contribution in [0, 0.1) is 12.7 Å². The Kier molecular flexibility index (Phi) is 7.83. The van der Waals surface area contributed by atoms with Gasteiger partial charge in [-0.05, 0) is 61.9 Å². The number of nitrogens with zero attached hydrogens (tertiary/aromatic N) is 1. The standard InChI is InChI=1S/C28H25FN2O6/c1-17-26(30-28(33)35-18(2)23-9-4-5-10-24(23)29)27(37-31-17)20-11-13-21(14-12-20)36-22-8-6-7-19(15-22)16-25(32)34-3/h4-15,18H,16H2,1-3H3,(H,30,33). The average Bonchev–Trinajstić information content (AvgIpc) is 3.24. The van der Waals surface area contributed by atoms with Crippen LogP contribution in [-0.4, -0.2) is 24.3 Å². The Labute approximate surface area is 213 Å². The number of carbonyl (C=O) groups is 2. The first-order valence-electron chi connectivity index (χ1n) is 11.5. The van der Waals surface area contributed by atoms with E-state index in [4.69, 9.17) is 18.7 Å². The Balaban J connectivity index is 1.44. The lowest BCUT2D eigenvalue weighted by Crippen LogP contribution is -2.17. The van der Waals surface area contributed by atoms with Crippen molar-refractivity contribution in [2.24, 2.45) is 0 Å². The Morgan fingerprint density at radius 2 is 1.78 bits per heavy atom. The van der Waals surface area contributed by atoms with Gasteiger partial charge in [-0.2, -0.15) is 0 Å². The molecule has 0 saturated carbocycles. The molecule has 0 spiro atoms. The molecule has 37 heavy (non-hydrogen) atoms. The largest absolute Gasteiger partial charge is 0.469 e. The Hall–Kier alpha value is -4.66. The van der Waals surface area contributed by atoms with Gasteiger partial charge in [0.25, 0.3) is 0 Å². The highest BCUT2D eigenvalue weighted by atomic mass is 19.1. The molecule has 4 aromatic rings. The van der Waals surface area contributed by atoms with Crippen LogP contribution in [0.25, 0.3) is 11.3 Å². The van der Waals surface area contributed by atoms with Gasteiger partial charge in [0.05, 0.1) is 13.5 Å². The molecule has 3 aromatic carbocycles. The predicted molar refractivity (Wildman–Crippen MR) is 134 cm³/mol. The minimum absolute atomic E-state index is 0.148. The third kappa shape index (κ3) is 6.32. The van der Waals surface area contributed by atoms with Crippen LogP contribution in [0.1, 0.15) is 29.8 Å². The number of rotatable bonds is 8. The molecule has 0 radical (unpaired) electrons. The van der Waals surface area contributed by atoms with Gasteiger partial charge in [-0.1, -0.05) is 35.5 Å². The highest BCUT2D eigenvalue weighted by Crippen LogP contribution is 2.33. The van der Waals surface area contributed by atoms with Gasteiger partial charge >= 0.3 is 12.1 Å². The van der Waals surface area contributed by atoms with E-state index in [0.717, 1.165) is 5.56 Å². The molecular formula is C28H25FN2O6. The van der Waals surface area contributed by atoms with Crippen LogP contribution in [0.5, 0.6) is 11.5 Å². The molecule has 8 nitrogen and oxygen atoms in total. The molecule has 0 fully saturated rings. The maximum atomic E-state index is 14.0. The van der Waals surface area contributed by atoms with Gasteiger partial charge in [-0.15, -0.1) is 0 Å². The summed E-state index contributed by atoms with van der Waals surface area (Å²) in [6.07, 6.45) is -1.42. The number of aryl methyl sites for hydroxylation is 1. The third-order valence-electron chi connectivity index (χ3n) is 5.54. The maximum absolute atomic E-state index is 14.0. The van der Waals surface area contributed by atoms with Gasteiger partial charge in [0.2, 0.25) is 0 Å². The molecule has 1 N–H and O–H groups in total. The van der Waals surface area contributed by atoms with Crippen molar-refractivity contribution in [1.82, 2.24) is 5.16 Å². The first-order chi connectivity index (χ1) is 17.8. The lowest BCUT2D eigenvalue weighted by molar-refractivity contribution is -0.139. The fraction of sp³-hybridized carbons (Fsp3) is 0.179. The zero-order valence-electron chi connectivity index (χ0n) is 20.5. The molecule has 190 valence electrons. The van der Waals surface area contributed by atoms with Crippen LogP contribution in [0.2, 0.25) is 0 Å². The van der Waals surface area contributed by atoms with E-state index in [2.05, 4.69) is 10.5 Å². The number of nitrogens with one attached hydrogen (secondary N) is 1. The second kappa shape index (κ2) is 11.4. The van der Waals surface area contributed by atoms with E-state index >= 15 is 0 Å². The number of aromatic nitrogens is 1. The van der Waals surface area contributed by atoms with E-state index in [-0.39, 0.29) is 18.0 Å². The molecule has 1 atom stereocenters. The molecule has 4 rings (SSSR count). The normalized spacial score (nSPS) is 11.5. The highest BCUT2D eigenvalue weighted by Gasteiger charge is 2.21. The molecule has 9 heteroatoms. The van der Waals surface area contributed by atoms with Gasteiger partial charge in [-0.3, -0.25) is 10.1 Å². The van der Waals surface area contributed by atoms with Gasteiger partial charge in [0.1, 0.15) is 34.8 Å². The van der Waals surface area contributed by atoms with Crippen molar-refractivity contribution < 1.29 is 32.7 Å². The number of hydrogen-bond donors (Lipinski definition) is 1. The minimum Gasteiger partial charge on any atom is -0.469 e. The average molecular weight is 505 g/mol. The third-order valence-corrected chi connectivity index (χ3v) is 5.54. The quantitative estimate of drug-likeness (QED) is 0.270. The summed E-state index contributed by atoms with van der Waals surface area (Å²) in [6.45, 7) is 3.27. The van der Waals surface area contributed by atoms with Crippen LogP contribution in [-0.2, 0) is 20.7 Å². The van der Waals surface area contributed by atoms with Gasteiger partial charge in [0, 0.05) is 11.1 Å². The van der Waals surface area contributed by atoms with E-state index < -0.39 is 18.0 Å². The predicted octanol–water partition coefficient (Wildman–Crippen LogP) is 6.61. The fourth-order valence-electron chi connectivity index (χ4n) is 3.64. The Morgan fingerprint density at radius 3 is 2.51 bits per heavy atom. The molecule has 0 aliphatic carbocycles. The van der Waals surface area contributed by atoms with Gasteiger partial charge in [-0.25, -0.2) is 9.18 Å². The van der Waals surface area contributed by atoms with E-state index in [9.17, 15) is 14.0 Å². The van der Waals surface area contributed by atoms with E-state index in [0.29, 0.717) is 34.2 Å². The zero-order valence-corrected chi connectivity index (χ0v) is 20.5. The van der Waals surface area contributed by atoms with Crippen molar-refractivity contribution in [3.8, 4) is 22.8 Å². The topological polar surface area (TPSA) is 99.9 Å². The highest BCUT2D eigenvalue weighted by molar-refractivity contribution is 5.90. The maximum Gasteiger partial charge on any atom is 0.412 e. The fourth-order valence-corrected chi connectivity index (χ4v) is 3.64. The second-order valence-corrected chi connectivity index (χ2v) is 8.19. The van der Waals surface area contributed by atoms with Crippen LogP contribution in [0.3, 0.4) is 0 Å². The number of anilines is 1. The molecule has 1 heterocycles. The number of amides is 1. The summed E-state index contributed by atoms with van der Waals surface area (Å²) in [5.41, 5.74) is 2.48. The van der Waals surface area contributed by atoms with Crippen LogP contribution in [0.4, 0.5) is 14.9 Å². The van der Waals surface area contributed by atoms with E-state index in [1.165, 1.54) is 13.2 Å². The monoisotopic (exact) mass is 504 g/mol. The molecule has 1 aromatic heterocycles. The molecule has 0 bridgehead atoms. The zero-order chi connectivity index (χ0) is 26.4. The molecule has 0 aliphatic heterocycles. The number of ether oxygens (including phenoxy) is 3. The summed E-state index contributed by atoms with van der Waals surface area (Å²) in [6, 6.07) is 20.2. The van der Waals surface area contributed by atoms with Crippen LogP contribution >= 0.6 is 0 Å². The van der Waals surface area contributed by atoms with Crippen LogP contribution in [0.15, 0.2) is 77.3 Å². The lowest BCUT2D eigenvalue weighted by atomic mass is 10.1. The van der Waals surface area contributed by atoms with Crippen molar-refractivity contribution in [3.05, 3.63) is 95.4 Å². The number of hydrogen-bond acceptors (Lipinski definition) is 7. The Bertz CT molecular complexity index is 1400. The number of halogens is 1. The lowest BCUT2D eigenvalue weighted by Gasteiger charge is -2.15. The molecular weight excluding hydrogens is 479 g/mol. The van der Waals surface area contributed by atoms with Gasteiger partial charge in [0.15, 0.2) is 5.76 Å². The summed E-state index contributed by atoms with van der Waals surface area (Å²) in [5.74, 6) is 0.669. The second-order valence-electron chi connectivity index (χ2n) is 8.19. The molecule has 1 unspecified atom stereocenters. The minimum atomic E-state index is -0.799. The van der Waals surface area contributed by atoms with E-state index in [1.54, 1.807) is 74.5 Å². The van der Waals surface area contributed by atoms with Crippen molar-refractivity contribution in [3.63, 3.8) is 0 Å². The van der Waals surface area contributed by atoms with E-state index in [1.807, 2.05) is 6.07 Å². The molecule has 1 amide bonds. The summed E-state index contributed by atoms with van der Waals surface area (Å²) in [4.78, 5) is 24.1. The van der Waals surface area contributed by atoms with Crippen molar-refractivity contribution in [2.75, 3.05) is 12.4 Å². The summed E-state index contributed by atoms with van der Waals surface area (Å²) in [5, 5.41) is 6.60. The first-order valence-corrected chi connectivity index (χ1v) is 11.5. The van der Waals surface area contributed by atoms with Gasteiger partial charge < -0.3 is 18.7 Å². The number of methoxy groups -OCH3 is 1. The smallest absolute Gasteiger partial charge is 0.412 e. The van der Waals surface area contributed by atoms with Crippen molar-refractivity contribution in [1.29, 1.82) is 0 Å². The van der Waals surface area contributed by atoms with Crippen molar-refractivity contribution in [2.45, 2.75) is 26.4 Å². The number of benzene rings is 3. The van der Waals surface area contributed by atoms with Crippen LogP contribution < -0.4 is 10.1 Å². The first kappa shape index (κ1) is 25.4.